The molecule has 0 aliphatic heterocycles. The zero-order chi connectivity index (χ0) is 12.8. The number of benzene rings is 1. The van der Waals surface area contributed by atoms with Gasteiger partial charge in [-0.1, -0.05) is 6.07 Å². The van der Waals surface area contributed by atoms with Gasteiger partial charge in [-0.25, -0.2) is 0 Å². The van der Waals surface area contributed by atoms with E-state index >= 15 is 0 Å². The summed E-state index contributed by atoms with van der Waals surface area (Å²) in [7, 11) is 7.78. The molecule has 17 heavy (non-hydrogen) atoms. The summed E-state index contributed by atoms with van der Waals surface area (Å²) in [5.41, 5.74) is 1.14. The number of aromatic hydroxyl groups is 1. The van der Waals surface area contributed by atoms with E-state index < -0.39 is 0 Å². The molecule has 4 nitrogen and oxygen atoms in total. The van der Waals surface area contributed by atoms with E-state index in [1.807, 2.05) is 12.1 Å². The Hall–Kier alpha value is -1.26. The van der Waals surface area contributed by atoms with Crippen LogP contribution in [0.3, 0.4) is 0 Å². The molecule has 0 saturated heterocycles. The minimum Gasteiger partial charge on any atom is -0.504 e. The van der Waals surface area contributed by atoms with Gasteiger partial charge in [0, 0.05) is 19.6 Å². The molecular formula is C13H22N2O2. The molecule has 0 bridgehead atoms. The van der Waals surface area contributed by atoms with Crippen molar-refractivity contribution in [3.8, 4) is 11.5 Å². The van der Waals surface area contributed by atoms with Crippen LogP contribution in [-0.4, -0.2) is 56.2 Å². The van der Waals surface area contributed by atoms with E-state index in [0.29, 0.717) is 5.75 Å². The van der Waals surface area contributed by atoms with Crippen molar-refractivity contribution < 1.29 is 9.84 Å². The van der Waals surface area contributed by atoms with Crippen LogP contribution in [0.2, 0.25) is 0 Å². The Bertz CT molecular complexity index is 353. The first-order valence-electron chi connectivity index (χ1n) is 5.72. The SMILES string of the molecule is COc1cc(CN(C)CCN(C)C)ccc1O. The summed E-state index contributed by atoms with van der Waals surface area (Å²) >= 11 is 0. The summed E-state index contributed by atoms with van der Waals surface area (Å²) in [6, 6.07) is 5.47. The van der Waals surface area contributed by atoms with Crippen LogP contribution in [0.1, 0.15) is 5.56 Å². The van der Waals surface area contributed by atoms with Gasteiger partial charge in [0.1, 0.15) is 0 Å². The Morgan fingerprint density at radius 1 is 1.18 bits per heavy atom. The third-order valence-electron chi connectivity index (χ3n) is 2.63. The Morgan fingerprint density at radius 2 is 1.88 bits per heavy atom. The highest BCUT2D eigenvalue weighted by atomic mass is 16.5. The lowest BCUT2D eigenvalue weighted by atomic mass is 10.2. The zero-order valence-electron chi connectivity index (χ0n) is 11.1. The summed E-state index contributed by atoms with van der Waals surface area (Å²) in [5, 5.41) is 9.50. The quantitative estimate of drug-likeness (QED) is 0.812. The molecule has 0 heterocycles. The number of phenolic OH excluding ortho intramolecular Hbond substituents is 1. The summed E-state index contributed by atoms with van der Waals surface area (Å²) in [6.07, 6.45) is 0. The molecule has 0 spiro atoms. The van der Waals surface area contributed by atoms with E-state index in [1.54, 1.807) is 13.2 Å². The van der Waals surface area contributed by atoms with E-state index in [4.69, 9.17) is 4.74 Å². The summed E-state index contributed by atoms with van der Waals surface area (Å²) in [4.78, 5) is 4.40. The van der Waals surface area contributed by atoms with E-state index in [-0.39, 0.29) is 5.75 Å². The maximum absolute atomic E-state index is 9.50. The molecule has 0 saturated carbocycles. The zero-order valence-corrected chi connectivity index (χ0v) is 11.1. The predicted octanol–water partition coefficient (Wildman–Crippen LogP) is 1.39. The van der Waals surface area contributed by atoms with Gasteiger partial charge in [-0.3, -0.25) is 0 Å². The molecule has 1 aromatic carbocycles. The Kier molecular flexibility index (Phi) is 5.25. The van der Waals surface area contributed by atoms with Crippen molar-refractivity contribution in [3.05, 3.63) is 23.8 Å². The highest BCUT2D eigenvalue weighted by Gasteiger charge is 2.05. The molecular weight excluding hydrogens is 216 g/mol. The number of ether oxygens (including phenoxy) is 1. The van der Waals surface area contributed by atoms with E-state index in [0.717, 1.165) is 25.2 Å². The molecule has 0 aliphatic rings. The van der Waals surface area contributed by atoms with Crippen molar-refractivity contribution >= 4 is 0 Å². The predicted molar refractivity (Wildman–Crippen MR) is 69.5 cm³/mol. The second-order valence-electron chi connectivity index (χ2n) is 4.55. The van der Waals surface area contributed by atoms with E-state index in [1.165, 1.54) is 0 Å². The van der Waals surface area contributed by atoms with Crippen LogP contribution >= 0.6 is 0 Å². The number of hydrogen-bond acceptors (Lipinski definition) is 4. The third-order valence-corrected chi connectivity index (χ3v) is 2.63. The molecule has 4 heteroatoms. The van der Waals surface area contributed by atoms with Crippen molar-refractivity contribution in [2.24, 2.45) is 0 Å². The normalized spacial score (nSPS) is 11.2. The smallest absolute Gasteiger partial charge is 0.160 e. The second kappa shape index (κ2) is 6.47. The lowest BCUT2D eigenvalue weighted by Gasteiger charge is -2.19. The van der Waals surface area contributed by atoms with E-state index in [9.17, 15) is 5.11 Å². The highest BCUT2D eigenvalue weighted by Crippen LogP contribution is 2.26. The Balaban J connectivity index is 2.56. The molecule has 0 radical (unpaired) electrons. The number of hydrogen-bond donors (Lipinski definition) is 1. The average Bonchev–Trinajstić information content (AvgIpc) is 2.29. The van der Waals surface area contributed by atoms with Gasteiger partial charge in [-0.15, -0.1) is 0 Å². The molecule has 1 N–H and O–H groups in total. The van der Waals surface area contributed by atoms with Gasteiger partial charge in [-0.2, -0.15) is 0 Å². The van der Waals surface area contributed by atoms with Gasteiger partial charge < -0.3 is 19.6 Å². The minimum atomic E-state index is 0.187. The average molecular weight is 238 g/mol. The van der Waals surface area contributed by atoms with Gasteiger partial charge in [-0.05, 0) is 38.8 Å². The topological polar surface area (TPSA) is 35.9 Å². The maximum Gasteiger partial charge on any atom is 0.160 e. The Morgan fingerprint density at radius 3 is 2.47 bits per heavy atom. The number of methoxy groups -OCH3 is 1. The van der Waals surface area contributed by atoms with Crippen LogP contribution in [0, 0.1) is 0 Å². The molecule has 0 fully saturated rings. The van der Waals surface area contributed by atoms with Crippen molar-refractivity contribution in [3.63, 3.8) is 0 Å². The van der Waals surface area contributed by atoms with Crippen molar-refractivity contribution in [2.75, 3.05) is 41.3 Å². The van der Waals surface area contributed by atoms with Crippen molar-refractivity contribution in [1.82, 2.24) is 9.80 Å². The highest BCUT2D eigenvalue weighted by molar-refractivity contribution is 5.41. The fourth-order valence-corrected chi connectivity index (χ4v) is 1.58. The number of likely N-dealkylation sites (N-methyl/N-ethyl adjacent to an activating group) is 2. The van der Waals surface area contributed by atoms with Gasteiger partial charge in [0.2, 0.25) is 0 Å². The van der Waals surface area contributed by atoms with Gasteiger partial charge in [0.25, 0.3) is 0 Å². The number of phenols is 1. The molecule has 1 aromatic rings. The standard InChI is InChI=1S/C13H22N2O2/c1-14(2)7-8-15(3)10-11-5-6-12(16)13(9-11)17-4/h5-6,9,16H,7-8,10H2,1-4H3. The second-order valence-corrected chi connectivity index (χ2v) is 4.55. The van der Waals surface area contributed by atoms with Crippen LogP contribution in [0.15, 0.2) is 18.2 Å². The molecule has 96 valence electrons. The van der Waals surface area contributed by atoms with Crippen molar-refractivity contribution in [1.29, 1.82) is 0 Å². The molecule has 0 atom stereocenters. The Labute approximate surface area is 103 Å². The minimum absolute atomic E-state index is 0.187. The third kappa shape index (κ3) is 4.63. The van der Waals surface area contributed by atoms with Gasteiger partial charge in [0.05, 0.1) is 7.11 Å². The first-order chi connectivity index (χ1) is 8.02. The summed E-state index contributed by atoms with van der Waals surface area (Å²) < 4.78 is 5.09. The van der Waals surface area contributed by atoms with Crippen LogP contribution < -0.4 is 4.74 Å². The monoisotopic (exact) mass is 238 g/mol. The van der Waals surface area contributed by atoms with Crippen molar-refractivity contribution in [2.45, 2.75) is 6.54 Å². The lowest BCUT2D eigenvalue weighted by molar-refractivity contribution is 0.275. The molecule has 0 aromatic heterocycles. The summed E-state index contributed by atoms with van der Waals surface area (Å²) in [6.45, 7) is 2.90. The fraction of sp³-hybridized carbons (Fsp3) is 0.538. The molecule has 1 rings (SSSR count). The van der Waals surface area contributed by atoms with Crippen LogP contribution in [-0.2, 0) is 6.54 Å². The van der Waals surface area contributed by atoms with Crippen LogP contribution in [0.5, 0.6) is 11.5 Å². The van der Waals surface area contributed by atoms with Gasteiger partial charge >= 0.3 is 0 Å². The molecule has 0 amide bonds. The fourth-order valence-electron chi connectivity index (χ4n) is 1.58. The molecule has 0 unspecified atom stereocenters. The van der Waals surface area contributed by atoms with E-state index in [2.05, 4.69) is 30.9 Å². The number of nitrogens with zero attached hydrogens (tertiary/aromatic N) is 2. The lowest BCUT2D eigenvalue weighted by Crippen LogP contribution is -2.28. The largest absolute Gasteiger partial charge is 0.504 e. The van der Waals surface area contributed by atoms with Crippen LogP contribution in [0.4, 0.5) is 0 Å². The van der Waals surface area contributed by atoms with Gasteiger partial charge in [0.15, 0.2) is 11.5 Å². The molecule has 0 aliphatic carbocycles. The first kappa shape index (κ1) is 13.8. The first-order valence-corrected chi connectivity index (χ1v) is 5.72. The summed E-state index contributed by atoms with van der Waals surface area (Å²) in [5.74, 6) is 0.718. The maximum atomic E-state index is 9.50. The number of rotatable bonds is 6. The van der Waals surface area contributed by atoms with Crippen LogP contribution in [0.25, 0.3) is 0 Å².